The van der Waals surface area contributed by atoms with Gasteiger partial charge in [0.15, 0.2) is 0 Å². The summed E-state index contributed by atoms with van der Waals surface area (Å²) < 4.78 is 0. The van der Waals surface area contributed by atoms with Crippen molar-refractivity contribution in [3.8, 4) is 6.07 Å². The molecular formula is C14H12N4O2. The SMILES string of the molecule is CN(Cc1cccc(C#N)c1)c1cc([N+](=O)[O-])ccn1. The molecule has 20 heavy (non-hydrogen) atoms. The molecule has 0 fully saturated rings. The molecule has 100 valence electrons. The maximum absolute atomic E-state index is 10.7. The zero-order valence-electron chi connectivity index (χ0n) is 10.9. The van der Waals surface area contributed by atoms with Gasteiger partial charge in [0.1, 0.15) is 5.82 Å². The summed E-state index contributed by atoms with van der Waals surface area (Å²) in [6.45, 7) is 0.518. The van der Waals surface area contributed by atoms with E-state index in [4.69, 9.17) is 5.26 Å². The minimum Gasteiger partial charge on any atom is -0.355 e. The van der Waals surface area contributed by atoms with Crippen LogP contribution in [0.25, 0.3) is 0 Å². The number of nitro groups is 1. The topological polar surface area (TPSA) is 83.1 Å². The number of hydrogen-bond donors (Lipinski definition) is 0. The molecule has 0 aliphatic rings. The third-order valence-electron chi connectivity index (χ3n) is 2.81. The lowest BCUT2D eigenvalue weighted by atomic mass is 10.1. The molecule has 0 saturated heterocycles. The highest BCUT2D eigenvalue weighted by atomic mass is 16.6. The standard InChI is InChI=1S/C14H12N4O2/c1-17(10-12-4-2-3-11(7-12)9-15)14-8-13(18(19)20)5-6-16-14/h2-8H,10H2,1H3. The fraction of sp³-hybridized carbons (Fsp3) is 0.143. The zero-order chi connectivity index (χ0) is 14.5. The Hall–Kier alpha value is -2.94. The largest absolute Gasteiger partial charge is 0.355 e. The lowest BCUT2D eigenvalue weighted by Gasteiger charge is -2.17. The Bertz CT molecular complexity index is 679. The highest BCUT2D eigenvalue weighted by Crippen LogP contribution is 2.19. The van der Waals surface area contributed by atoms with E-state index in [1.54, 1.807) is 24.1 Å². The van der Waals surface area contributed by atoms with Gasteiger partial charge in [-0.25, -0.2) is 4.98 Å². The first-order chi connectivity index (χ1) is 9.60. The molecular weight excluding hydrogens is 256 g/mol. The highest BCUT2D eigenvalue weighted by Gasteiger charge is 2.10. The van der Waals surface area contributed by atoms with Gasteiger partial charge in [-0.3, -0.25) is 10.1 Å². The van der Waals surface area contributed by atoms with Crippen molar-refractivity contribution < 1.29 is 4.92 Å². The number of anilines is 1. The molecule has 0 saturated carbocycles. The van der Waals surface area contributed by atoms with Gasteiger partial charge < -0.3 is 4.90 Å². The fourth-order valence-electron chi connectivity index (χ4n) is 1.82. The molecule has 0 bridgehead atoms. The first-order valence-electron chi connectivity index (χ1n) is 5.91. The summed E-state index contributed by atoms with van der Waals surface area (Å²) in [5.74, 6) is 0.515. The molecule has 2 rings (SSSR count). The summed E-state index contributed by atoms with van der Waals surface area (Å²) >= 11 is 0. The molecule has 6 heteroatoms. The molecule has 2 aromatic rings. The van der Waals surface area contributed by atoms with E-state index in [0.29, 0.717) is 17.9 Å². The summed E-state index contributed by atoms with van der Waals surface area (Å²) in [6.07, 6.45) is 1.41. The van der Waals surface area contributed by atoms with Crippen molar-refractivity contribution in [2.45, 2.75) is 6.54 Å². The Labute approximate surface area is 116 Å². The molecule has 0 spiro atoms. The molecule has 1 aromatic carbocycles. The average molecular weight is 268 g/mol. The quantitative estimate of drug-likeness (QED) is 0.628. The molecule has 0 aliphatic heterocycles. The van der Waals surface area contributed by atoms with Crippen molar-refractivity contribution in [1.82, 2.24) is 4.98 Å². The van der Waals surface area contributed by atoms with Gasteiger partial charge in [-0.1, -0.05) is 12.1 Å². The van der Waals surface area contributed by atoms with E-state index < -0.39 is 4.92 Å². The second kappa shape index (κ2) is 5.80. The van der Waals surface area contributed by atoms with Crippen LogP contribution in [0.3, 0.4) is 0 Å². The minimum atomic E-state index is -0.449. The first-order valence-corrected chi connectivity index (χ1v) is 5.91. The maximum atomic E-state index is 10.7. The predicted molar refractivity (Wildman–Crippen MR) is 74.2 cm³/mol. The van der Waals surface area contributed by atoms with Gasteiger partial charge in [-0.05, 0) is 17.7 Å². The van der Waals surface area contributed by atoms with E-state index in [1.807, 2.05) is 12.1 Å². The Morgan fingerprint density at radius 1 is 1.40 bits per heavy atom. The molecule has 0 N–H and O–H groups in total. The number of nitrogens with zero attached hydrogens (tertiary/aromatic N) is 4. The van der Waals surface area contributed by atoms with Gasteiger partial charge in [-0.15, -0.1) is 0 Å². The van der Waals surface area contributed by atoms with Gasteiger partial charge in [0, 0.05) is 25.9 Å². The van der Waals surface area contributed by atoms with Crippen LogP contribution < -0.4 is 4.90 Å². The lowest BCUT2D eigenvalue weighted by Crippen LogP contribution is -2.17. The monoisotopic (exact) mass is 268 g/mol. The van der Waals surface area contributed by atoms with Crippen molar-refractivity contribution in [1.29, 1.82) is 5.26 Å². The van der Waals surface area contributed by atoms with Crippen LogP contribution in [-0.2, 0) is 6.54 Å². The molecule has 0 atom stereocenters. The molecule has 0 amide bonds. The van der Waals surface area contributed by atoms with Gasteiger partial charge in [0.05, 0.1) is 22.6 Å². The lowest BCUT2D eigenvalue weighted by molar-refractivity contribution is -0.384. The van der Waals surface area contributed by atoms with Crippen LogP contribution in [-0.4, -0.2) is 17.0 Å². The van der Waals surface area contributed by atoms with Gasteiger partial charge >= 0.3 is 0 Å². The van der Waals surface area contributed by atoms with Crippen LogP contribution in [0.2, 0.25) is 0 Å². The van der Waals surface area contributed by atoms with Gasteiger partial charge in [-0.2, -0.15) is 5.26 Å². The summed E-state index contributed by atoms with van der Waals surface area (Å²) in [5, 5.41) is 19.6. The smallest absolute Gasteiger partial charge is 0.274 e. The summed E-state index contributed by atoms with van der Waals surface area (Å²) in [4.78, 5) is 16.2. The van der Waals surface area contributed by atoms with Crippen molar-refractivity contribution >= 4 is 11.5 Å². The molecule has 6 nitrogen and oxygen atoms in total. The van der Waals surface area contributed by atoms with E-state index in [1.165, 1.54) is 18.3 Å². The maximum Gasteiger partial charge on any atom is 0.274 e. The van der Waals surface area contributed by atoms with Crippen LogP contribution in [0.5, 0.6) is 0 Å². The molecule has 0 unspecified atom stereocenters. The Morgan fingerprint density at radius 3 is 2.90 bits per heavy atom. The Morgan fingerprint density at radius 2 is 2.20 bits per heavy atom. The van der Waals surface area contributed by atoms with Gasteiger partial charge in [0.25, 0.3) is 5.69 Å². The van der Waals surface area contributed by atoms with Crippen LogP contribution in [0.4, 0.5) is 11.5 Å². The number of benzene rings is 1. The average Bonchev–Trinajstić information content (AvgIpc) is 2.47. The number of nitriles is 1. The third kappa shape index (κ3) is 3.09. The molecule has 0 radical (unpaired) electrons. The van der Waals surface area contributed by atoms with Crippen LogP contribution in [0.1, 0.15) is 11.1 Å². The summed E-state index contributed by atoms with van der Waals surface area (Å²) in [7, 11) is 1.80. The molecule has 1 aromatic heterocycles. The number of pyridine rings is 1. The van der Waals surface area contributed by atoms with Crippen LogP contribution >= 0.6 is 0 Å². The third-order valence-corrected chi connectivity index (χ3v) is 2.81. The van der Waals surface area contributed by atoms with Crippen molar-refractivity contribution in [2.75, 3.05) is 11.9 Å². The van der Waals surface area contributed by atoms with Gasteiger partial charge in [0.2, 0.25) is 0 Å². The Kier molecular flexibility index (Phi) is 3.91. The molecule has 1 heterocycles. The van der Waals surface area contributed by atoms with E-state index in [-0.39, 0.29) is 5.69 Å². The number of hydrogen-bond acceptors (Lipinski definition) is 5. The van der Waals surface area contributed by atoms with Crippen molar-refractivity contribution in [2.24, 2.45) is 0 Å². The number of rotatable bonds is 4. The zero-order valence-corrected chi connectivity index (χ0v) is 10.9. The number of aromatic nitrogens is 1. The normalized spacial score (nSPS) is 9.80. The molecule has 0 aliphatic carbocycles. The van der Waals surface area contributed by atoms with E-state index >= 15 is 0 Å². The highest BCUT2D eigenvalue weighted by molar-refractivity contribution is 5.47. The van der Waals surface area contributed by atoms with Crippen molar-refractivity contribution in [3.63, 3.8) is 0 Å². The minimum absolute atomic E-state index is 0.00706. The summed E-state index contributed by atoms with van der Waals surface area (Å²) in [5.41, 5.74) is 1.54. The van der Waals surface area contributed by atoms with E-state index in [0.717, 1.165) is 5.56 Å². The first kappa shape index (κ1) is 13.5. The second-order valence-electron chi connectivity index (χ2n) is 4.30. The van der Waals surface area contributed by atoms with Crippen molar-refractivity contribution in [3.05, 3.63) is 63.8 Å². The fourth-order valence-corrected chi connectivity index (χ4v) is 1.82. The van der Waals surface area contributed by atoms with E-state index in [2.05, 4.69) is 11.1 Å². The predicted octanol–water partition coefficient (Wildman–Crippen LogP) is 2.50. The summed E-state index contributed by atoms with van der Waals surface area (Å²) in [6, 6.07) is 12.1. The Balaban J connectivity index is 2.19. The van der Waals surface area contributed by atoms with Crippen LogP contribution in [0.15, 0.2) is 42.6 Å². The van der Waals surface area contributed by atoms with Crippen LogP contribution in [0, 0.1) is 21.4 Å². The van der Waals surface area contributed by atoms with E-state index in [9.17, 15) is 10.1 Å². The second-order valence-corrected chi connectivity index (χ2v) is 4.30.